The van der Waals surface area contributed by atoms with Gasteiger partial charge in [0.15, 0.2) is 0 Å². The third-order valence-electron chi connectivity index (χ3n) is 2.64. The van der Waals surface area contributed by atoms with Crippen molar-refractivity contribution in [1.29, 1.82) is 0 Å². The van der Waals surface area contributed by atoms with Crippen LogP contribution in [0.2, 0.25) is 5.15 Å². The molecule has 1 aliphatic rings. The summed E-state index contributed by atoms with van der Waals surface area (Å²) in [4.78, 5) is 3.49. The number of aliphatic hydroxyl groups is 1. The molecule has 0 radical (unpaired) electrons. The SMILES string of the molecule is OC1(c2ccc(Cl)nc2F)CCOCC1. The molecule has 0 atom stereocenters. The second-order valence-corrected chi connectivity index (χ2v) is 4.00. The highest BCUT2D eigenvalue weighted by molar-refractivity contribution is 6.29. The summed E-state index contributed by atoms with van der Waals surface area (Å²) in [5, 5.41) is 10.3. The Hall–Kier alpha value is -0.710. The molecule has 1 aromatic heterocycles. The number of aromatic nitrogens is 1. The van der Waals surface area contributed by atoms with Crippen LogP contribution in [0.4, 0.5) is 4.39 Å². The zero-order valence-electron chi connectivity index (χ0n) is 8.04. The van der Waals surface area contributed by atoms with Crippen LogP contribution >= 0.6 is 11.6 Å². The third kappa shape index (κ3) is 2.12. The van der Waals surface area contributed by atoms with Crippen LogP contribution in [-0.2, 0) is 10.3 Å². The number of hydrogen-bond acceptors (Lipinski definition) is 3. The normalized spacial score (nSPS) is 20.2. The Kier molecular flexibility index (Phi) is 2.91. The van der Waals surface area contributed by atoms with Crippen molar-refractivity contribution in [3.63, 3.8) is 0 Å². The summed E-state index contributed by atoms with van der Waals surface area (Å²) in [6, 6.07) is 2.96. The van der Waals surface area contributed by atoms with Gasteiger partial charge in [-0.3, -0.25) is 0 Å². The molecule has 2 heterocycles. The van der Waals surface area contributed by atoms with E-state index in [4.69, 9.17) is 16.3 Å². The molecule has 3 nitrogen and oxygen atoms in total. The topological polar surface area (TPSA) is 42.4 Å². The third-order valence-corrected chi connectivity index (χ3v) is 2.85. The summed E-state index contributed by atoms with van der Waals surface area (Å²) in [7, 11) is 0. The lowest BCUT2D eigenvalue weighted by Gasteiger charge is -2.32. The largest absolute Gasteiger partial charge is 0.385 e. The van der Waals surface area contributed by atoms with Gasteiger partial charge in [0.2, 0.25) is 5.95 Å². The molecular formula is C10H11ClFNO2. The smallest absolute Gasteiger partial charge is 0.220 e. The van der Waals surface area contributed by atoms with Crippen molar-refractivity contribution in [2.45, 2.75) is 18.4 Å². The molecule has 0 aliphatic carbocycles. The average molecular weight is 232 g/mol. The fourth-order valence-corrected chi connectivity index (χ4v) is 1.87. The van der Waals surface area contributed by atoms with E-state index in [2.05, 4.69) is 4.98 Å². The molecule has 0 unspecified atom stereocenters. The van der Waals surface area contributed by atoms with E-state index in [-0.39, 0.29) is 10.7 Å². The summed E-state index contributed by atoms with van der Waals surface area (Å²) >= 11 is 5.54. The summed E-state index contributed by atoms with van der Waals surface area (Å²) in [6.07, 6.45) is 0.764. The van der Waals surface area contributed by atoms with Gasteiger partial charge in [0, 0.05) is 31.6 Å². The van der Waals surface area contributed by atoms with Crippen molar-refractivity contribution in [2.24, 2.45) is 0 Å². The summed E-state index contributed by atoms with van der Waals surface area (Å²) < 4.78 is 18.6. The Labute approximate surface area is 91.8 Å². The highest BCUT2D eigenvalue weighted by Gasteiger charge is 2.34. The predicted molar refractivity (Wildman–Crippen MR) is 53.2 cm³/mol. The van der Waals surface area contributed by atoms with Crippen molar-refractivity contribution in [3.8, 4) is 0 Å². The minimum Gasteiger partial charge on any atom is -0.385 e. The van der Waals surface area contributed by atoms with E-state index in [1.54, 1.807) is 0 Å². The number of nitrogens with zero attached hydrogens (tertiary/aromatic N) is 1. The van der Waals surface area contributed by atoms with Crippen molar-refractivity contribution in [2.75, 3.05) is 13.2 Å². The molecule has 0 aromatic carbocycles. The van der Waals surface area contributed by atoms with Gasteiger partial charge in [-0.25, -0.2) is 4.98 Å². The lowest BCUT2D eigenvalue weighted by molar-refractivity contribution is -0.0701. The first kappa shape index (κ1) is 10.8. The summed E-state index contributed by atoms with van der Waals surface area (Å²) in [6.45, 7) is 0.858. The molecule has 1 saturated heterocycles. The average Bonchev–Trinajstić information content (AvgIpc) is 2.18. The van der Waals surface area contributed by atoms with Crippen LogP contribution in [0.3, 0.4) is 0 Å². The number of hydrogen-bond donors (Lipinski definition) is 1. The molecule has 0 bridgehead atoms. The van der Waals surface area contributed by atoms with Gasteiger partial charge in [-0.05, 0) is 12.1 Å². The van der Waals surface area contributed by atoms with Crippen molar-refractivity contribution in [1.82, 2.24) is 4.98 Å². The Morgan fingerprint density at radius 2 is 2.07 bits per heavy atom. The van der Waals surface area contributed by atoms with Crippen LogP contribution in [0.1, 0.15) is 18.4 Å². The van der Waals surface area contributed by atoms with Crippen LogP contribution in [0.25, 0.3) is 0 Å². The molecule has 82 valence electrons. The van der Waals surface area contributed by atoms with Gasteiger partial charge in [-0.15, -0.1) is 0 Å². The zero-order chi connectivity index (χ0) is 10.9. The first-order valence-electron chi connectivity index (χ1n) is 4.74. The predicted octanol–water partition coefficient (Wildman–Crippen LogP) is 1.87. The Bertz CT molecular complexity index is 366. The van der Waals surface area contributed by atoms with Crippen molar-refractivity contribution >= 4 is 11.6 Å². The lowest BCUT2D eigenvalue weighted by atomic mass is 9.87. The monoisotopic (exact) mass is 231 g/mol. The maximum atomic E-state index is 13.5. The van der Waals surface area contributed by atoms with Crippen LogP contribution in [0, 0.1) is 5.95 Å². The highest BCUT2D eigenvalue weighted by atomic mass is 35.5. The van der Waals surface area contributed by atoms with Gasteiger partial charge >= 0.3 is 0 Å². The van der Waals surface area contributed by atoms with E-state index in [0.29, 0.717) is 26.1 Å². The van der Waals surface area contributed by atoms with Gasteiger partial charge in [0.1, 0.15) is 5.15 Å². The van der Waals surface area contributed by atoms with Gasteiger partial charge < -0.3 is 9.84 Å². The second-order valence-electron chi connectivity index (χ2n) is 3.62. The Morgan fingerprint density at radius 3 is 2.67 bits per heavy atom. The number of pyridine rings is 1. The lowest BCUT2D eigenvalue weighted by Crippen LogP contribution is -2.34. The molecule has 2 rings (SSSR count). The van der Waals surface area contributed by atoms with E-state index in [0.717, 1.165) is 0 Å². The van der Waals surface area contributed by atoms with Crippen LogP contribution in [0.15, 0.2) is 12.1 Å². The molecular weight excluding hydrogens is 221 g/mol. The number of halogens is 2. The first-order valence-corrected chi connectivity index (χ1v) is 5.12. The Balaban J connectivity index is 2.35. The van der Waals surface area contributed by atoms with E-state index in [1.807, 2.05) is 0 Å². The summed E-state index contributed by atoms with van der Waals surface area (Å²) in [5.41, 5.74) is -0.963. The standard InChI is InChI=1S/C10H11ClFNO2/c11-8-2-1-7(9(12)13-8)10(14)3-5-15-6-4-10/h1-2,14H,3-6H2. The van der Waals surface area contributed by atoms with Gasteiger partial charge in [0.05, 0.1) is 5.60 Å². The van der Waals surface area contributed by atoms with Gasteiger partial charge in [-0.2, -0.15) is 4.39 Å². The van der Waals surface area contributed by atoms with Crippen LogP contribution in [-0.4, -0.2) is 23.3 Å². The fraction of sp³-hybridized carbons (Fsp3) is 0.500. The minimum absolute atomic E-state index is 0.0897. The molecule has 1 aromatic rings. The van der Waals surface area contributed by atoms with Crippen LogP contribution < -0.4 is 0 Å². The van der Waals surface area contributed by atoms with E-state index < -0.39 is 11.5 Å². The maximum Gasteiger partial charge on any atom is 0.220 e. The van der Waals surface area contributed by atoms with Crippen molar-refractivity contribution < 1.29 is 14.2 Å². The Morgan fingerprint density at radius 1 is 1.40 bits per heavy atom. The number of ether oxygens (including phenoxy) is 1. The van der Waals surface area contributed by atoms with E-state index >= 15 is 0 Å². The highest BCUT2D eigenvalue weighted by Crippen LogP contribution is 2.33. The van der Waals surface area contributed by atoms with Gasteiger partial charge in [-0.1, -0.05) is 11.6 Å². The van der Waals surface area contributed by atoms with Crippen LogP contribution in [0.5, 0.6) is 0 Å². The zero-order valence-corrected chi connectivity index (χ0v) is 8.80. The molecule has 0 amide bonds. The number of rotatable bonds is 1. The summed E-state index contributed by atoms with van der Waals surface area (Å²) in [5.74, 6) is -0.702. The fourth-order valence-electron chi connectivity index (χ4n) is 1.74. The van der Waals surface area contributed by atoms with E-state index in [1.165, 1.54) is 12.1 Å². The minimum atomic E-state index is -1.17. The quantitative estimate of drug-likeness (QED) is 0.751. The molecule has 1 aliphatic heterocycles. The second kappa shape index (κ2) is 4.04. The maximum absolute atomic E-state index is 13.5. The van der Waals surface area contributed by atoms with E-state index in [9.17, 15) is 9.50 Å². The first-order chi connectivity index (χ1) is 7.12. The molecule has 0 spiro atoms. The molecule has 1 fully saturated rings. The molecule has 0 saturated carbocycles. The molecule has 15 heavy (non-hydrogen) atoms. The van der Waals surface area contributed by atoms with Gasteiger partial charge in [0.25, 0.3) is 0 Å². The molecule has 5 heteroatoms. The van der Waals surface area contributed by atoms with Crippen molar-refractivity contribution in [3.05, 3.63) is 28.8 Å². The molecule has 1 N–H and O–H groups in total.